The zero-order valence-corrected chi connectivity index (χ0v) is 14.0. The molecule has 0 N–H and O–H groups in total. The normalized spacial score (nSPS) is 10.6. The molecule has 0 aliphatic heterocycles. The number of hydrogen-bond donors (Lipinski definition) is 0. The number of aldehydes is 1. The molecular formula is C17H13F2N5O3. The van der Waals surface area contributed by atoms with Gasteiger partial charge in [-0.3, -0.25) is 9.69 Å². The number of carbonyl (C=O) groups is 2. The minimum absolute atomic E-state index is 0.173. The number of halogens is 2. The Kier molecular flexibility index (Phi) is 4.88. The number of anilines is 1. The number of hydrogen-bond acceptors (Lipinski definition) is 5. The van der Waals surface area contributed by atoms with E-state index in [0.717, 1.165) is 18.2 Å². The van der Waals surface area contributed by atoms with Crippen molar-refractivity contribution in [2.45, 2.75) is 6.92 Å². The van der Waals surface area contributed by atoms with Gasteiger partial charge in [-0.15, -0.1) is 4.68 Å². The third kappa shape index (κ3) is 3.24. The molecule has 2 aromatic carbocycles. The van der Waals surface area contributed by atoms with Crippen molar-refractivity contribution in [1.82, 2.24) is 19.8 Å². The summed E-state index contributed by atoms with van der Waals surface area (Å²) in [7, 11) is 0. The number of tetrazole rings is 1. The van der Waals surface area contributed by atoms with Gasteiger partial charge >= 0.3 is 11.7 Å². The van der Waals surface area contributed by atoms with Crippen molar-refractivity contribution < 1.29 is 18.4 Å². The minimum atomic E-state index is -1.12. The van der Waals surface area contributed by atoms with Gasteiger partial charge in [-0.2, -0.15) is 4.68 Å². The summed E-state index contributed by atoms with van der Waals surface area (Å²) >= 11 is 0. The van der Waals surface area contributed by atoms with E-state index in [0.29, 0.717) is 26.9 Å². The van der Waals surface area contributed by atoms with Crippen molar-refractivity contribution in [1.29, 1.82) is 0 Å². The van der Waals surface area contributed by atoms with Crippen molar-refractivity contribution in [3.05, 3.63) is 70.1 Å². The smallest absolute Gasteiger partial charge is 0.298 e. The molecule has 0 aliphatic carbocycles. The Labute approximate surface area is 151 Å². The van der Waals surface area contributed by atoms with Crippen LogP contribution in [0.4, 0.5) is 19.3 Å². The predicted molar refractivity (Wildman–Crippen MR) is 91.2 cm³/mol. The fourth-order valence-corrected chi connectivity index (χ4v) is 2.47. The Morgan fingerprint density at radius 1 is 1.11 bits per heavy atom. The number of para-hydroxylation sites is 1. The lowest BCUT2D eigenvalue weighted by Crippen LogP contribution is -2.41. The van der Waals surface area contributed by atoms with Crippen LogP contribution in [0.5, 0.6) is 0 Å². The summed E-state index contributed by atoms with van der Waals surface area (Å²) in [6.07, 6.45) is 0.654. The molecule has 0 saturated carbocycles. The van der Waals surface area contributed by atoms with E-state index in [2.05, 4.69) is 10.4 Å². The van der Waals surface area contributed by atoms with Gasteiger partial charge in [0.15, 0.2) is 11.6 Å². The van der Waals surface area contributed by atoms with Gasteiger partial charge in [0.1, 0.15) is 12.0 Å². The number of aromatic nitrogens is 4. The second kappa shape index (κ2) is 7.28. The lowest BCUT2D eigenvalue weighted by atomic mass is 10.2. The van der Waals surface area contributed by atoms with E-state index in [-0.39, 0.29) is 6.54 Å². The summed E-state index contributed by atoms with van der Waals surface area (Å²) in [6.45, 7) is 1.84. The molecule has 3 rings (SSSR count). The molecule has 0 atom stereocenters. The van der Waals surface area contributed by atoms with Crippen LogP contribution in [-0.2, 0) is 0 Å². The lowest BCUT2D eigenvalue weighted by Gasteiger charge is -2.19. The Hall–Kier alpha value is -3.69. The Bertz CT molecular complexity index is 1040. The summed E-state index contributed by atoms with van der Waals surface area (Å²) in [6, 6.07) is 8.26. The second-order valence-corrected chi connectivity index (χ2v) is 5.39. The van der Waals surface area contributed by atoms with E-state index in [4.69, 9.17) is 0 Å². The largest absolute Gasteiger partial charge is 0.377 e. The van der Waals surface area contributed by atoms with Gasteiger partial charge in [0.05, 0.1) is 0 Å². The topological polar surface area (TPSA) is 90.1 Å². The van der Waals surface area contributed by atoms with E-state index in [9.17, 15) is 23.2 Å². The molecule has 1 aromatic heterocycles. The number of rotatable bonds is 4. The van der Waals surface area contributed by atoms with Gasteiger partial charge < -0.3 is 0 Å². The van der Waals surface area contributed by atoms with Crippen LogP contribution in [0.25, 0.3) is 5.69 Å². The van der Waals surface area contributed by atoms with Crippen LogP contribution in [-0.4, -0.2) is 38.7 Å². The van der Waals surface area contributed by atoms with Crippen LogP contribution in [0, 0.1) is 11.6 Å². The Morgan fingerprint density at radius 3 is 2.30 bits per heavy atom. The first kappa shape index (κ1) is 18.1. The first-order chi connectivity index (χ1) is 13.0. The molecule has 8 nitrogen and oxygen atoms in total. The van der Waals surface area contributed by atoms with Gasteiger partial charge in [0, 0.05) is 17.8 Å². The van der Waals surface area contributed by atoms with Crippen LogP contribution in [0.3, 0.4) is 0 Å². The van der Waals surface area contributed by atoms with Gasteiger partial charge in [-0.25, -0.2) is 18.4 Å². The zero-order chi connectivity index (χ0) is 19.6. The molecule has 10 heteroatoms. The van der Waals surface area contributed by atoms with E-state index < -0.39 is 29.0 Å². The molecule has 27 heavy (non-hydrogen) atoms. The highest BCUT2D eigenvalue weighted by Gasteiger charge is 2.24. The molecular weight excluding hydrogens is 360 g/mol. The minimum Gasteiger partial charge on any atom is -0.298 e. The van der Waals surface area contributed by atoms with E-state index in [1.807, 2.05) is 0 Å². The maximum absolute atomic E-state index is 13.9. The maximum atomic E-state index is 13.9. The van der Waals surface area contributed by atoms with E-state index in [1.165, 1.54) is 29.2 Å². The highest BCUT2D eigenvalue weighted by molar-refractivity contribution is 5.93. The van der Waals surface area contributed by atoms with Crippen LogP contribution >= 0.6 is 0 Å². The number of benzene rings is 2. The number of carbonyl (C=O) groups excluding carboxylic acids is 2. The van der Waals surface area contributed by atoms with Crippen molar-refractivity contribution >= 4 is 18.0 Å². The standard InChI is InChI=1S/C17H13F2N5O3/c1-2-22(12-8-6-11(10-25)7-9-12)16(26)24-17(27)23(20-21-24)15-13(18)4-3-5-14(15)19/h3-10H,2H2,1H3. The Morgan fingerprint density at radius 2 is 1.74 bits per heavy atom. The highest BCUT2D eigenvalue weighted by atomic mass is 19.1. The average molecular weight is 373 g/mol. The summed E-state index contributed by atoms with van der Waals surface area (Å²) in [4.78, 5) is 37.1. The van der Waals surface area contributed by atoms with Gasteiger partial charge in [0.25, 0.3) is 0 Å². The molecule has 3 aromatic rings. The van der Waals surface area contributed by atoms with E-state index >= 15 is 0 Å². The van der Waals surface area contributed by atoms with Gasteiger partial charge in [0.2, 0.25) is 0 Å². The van der Waals surface area contributed by atoms with Crippen molar-refractivity contribution in [3.8, 4) is 5.69 Å². The Balaban J connectivity index is 2.01. The van der Waals surface area contributed by atoms with Crippen molar-refractivity contribution in [2.75, 3.05) is 11.4 Å². The van der Waals surface area contributed by atoms with Crippen LogP contribution in [0.15, 0.2) is 47.3 Å². The monoisotopic (exact) mass is 373 g/mol. The zero-order valence-electron chi connectivity index (χ0n) is 14.0. The van der Waals surface area contributed by atoms with Crippen molar-refractivity contribution in [2.24, 2.45) is 0 Å². The maximum Gasteiger partial charge on any atom is 0.377 e. The number of amides is 1. The fourth-order valence-electron chi connectivity index (χ4n) is 2.47. The molecule has 0 saturated heterocycles. The van der Waals surface area contributed by atoms with Gasteiger partial charge in [-0.1, -0.05) is 6.07 Å². The van der Waals surface area contributed by atoms with Crippen LogP contribution in [0.2, 0.25) is 0 Å². The first-order valence-corrected chi connectivity index (χ1v) is 7.84. The molecule has 138 valence electrons. The molecule has 1 heterocycles. The van der Waals surface area contributed by atoms with E-state index in [1.54, 1.807) is 6.92 Å². The molecule has 0 radical (unpaired) electrons. The SMILES string of the molecule is CCN(C(=O)n1nnn(-c2c(F)cccc2F)c1=O)c1ccc(C=O)cc1. The molecule has 0 unspecified atom stereocenters. The average Bonchev–Trinajstić information content (AvgIpc) is 3.04. The van der Waals surface area contributed by atoms with Crippen LogP contribution < -0.4 is 10.6 Å². The third-order valence-electron chi connectivity index (χ3n) is 3.80. The highest BCUT2D eigenvalue weighted by Crippen LogP contribution is 2.16. The van der Waals surface area contributed by atoms with Crippen molar-refractivity contribution in [3.63, 3.8) is 0 Å². The van der Waals surface area contributed by atoms with Crippen LogP contribution in [0.1, 0.15) is 17.3 Å². The predicted octanol–water partition coefficient (Wildman–Crippen LogP) is 2.01. The number of nitrogens with zero attached hydrogens (tertiary/aromatic N) is 5. The second-order valence-electron chi connectivity index (χ2n) is 5.39. The van der Waals surface area contributed by atoms with Gasteiger partial charge in [-0.05, 0) is 53.7 Å². The first-order valence-electron chi connectivity index (χ1n) is 7.84. The lowest BCUT2D eigenvalue weighted by molar-refractivity contribution is 0.112. The summed E-state index contributed by atoms with van der Waals surface area (Å²) in [5.74, 6) is -2.04. The molecule has 0 aliphatic rings. The summed E-state index contributed by atoms with van der Waals surface area (Å²) in [5.41, 5.74) is -1.01. The summed E-state index contributed by atoms with van der Waals surface area (Å²) in [5, 5.41) is 6.85. The fraction of sp³-hybridized carbons (Fsp3) is 0.118. The molecule has 0 bridgehead atoms. The summed E-state index contributed by atoms with van der Waals surface area (Å²) < 4.78 is 28.6. The molecule has 0 fully saturated rings. The molecule has 1 amide bonds. The third-order valence-corrected chi connectivity index (χ3v) is 3.80. The quantitative estimate of drug-likeness (QED) is 0.516. The molecule has 0 spiro atoms.